The molecule has 1 saturated heterocycles. The van der Waals surface area contributed by atoms with Crippen LogP contribution in [0, 0.1) is 0 Å². The molecular weight excluding hydrogens is 776 g/mol. The standard InChI is InChI=1S/C39H49ClN8O10/c1-3-23(4-2)28-19-31(48-36(45-28)27(40)20-42-48)43-24-8-9-25(18-24)44-34(51)21-57-17-16-56-15-14-55-13-12-41-33(50)22-58-30-7-5-6-26-35(30)39(54)47(38(26)53)29-10-11-32(49)46-37(29)52/h5-7,19-20,23-25,29,43H,3-4,8-18,21-22H2,1-2H3,(H,41,50)(H,44,51)(H,46,49,52)/t24-,25-,29?/m0/s1. The summed E-state index contributed by atoms with van der Waals surface area (Å²) in [5, 5.41) is 16.4. The van der Waals surface area contributed by atoms with Gasteiger partial charge in [-0.05, 0) is 50.7 Å². The minimum absolute atomic E-state index is 0.00437. The van der Waals surface area contributed by atoms with Gasteiger partial charge in [0.25, 0.3) is 17.7 Å². The van der Waals surface area contributed by atoms with Crippen molar-refractivity contribution >= 4 is 58.5 Å². The summed E-state index contributed by atoms with van der Waals surface area (Å²) in [7, 11) is 0. The van der Waals surface area contributed by atoms with Crippen LogP contribution >= 0.6 is 11.6 Å². The third-order valence-corrected chi connectivity index (χ3v) is 10.6. The van der Waals surface area contributed by atoms with Crippen molar-refractivity contribution in [3.63, 3.8) is 0 Å². The smallest absolute Gasteiger partial charge is 0.266 e. The molecule has 2 aromatic heterocycles. The van der Waals surface area contributed by atoms with E-state index < -0.39 is 42.2 Å². The number of fused-ring (bicyclic) bond motifs is 2. The largest absolute Gasteiger partial charge is 0.483 e. The Morgan fingerprint density at radius 1 is 0.931 bits per heavy atom. The first-order chi connectivity index (χ1) is 28.1. The summed E-state index contributed by atoms with van der Waals surface area (Å²) < 4.78 is 23.8. The summed E-state index contributed by atoms with van der Waals surface area (Å²) in [5.74, 6) is -2.03. The second-order valence-corrected chi connectivity index (χ2v) is 14.7. The van der Waals surface area contributed by atoms with E-state index in [1.165, 1.54) is 18.2 Å². The van der Waals surface area contributed by atoms with Gasteiger partial charge in [0.15, 0.2) is 12.3 Å². The fourth-order valence-corrected chi connectivity index (χ4v) is 7.53. The van der Waals surface area contributed by atoms with Gasteiger partial charge in [-0.3, -0.25) is 39.0 Å². The predicted molar refractivity (Wildman–Crippen MR) is 209 cm³/mol. The number of benzene rings is 1. The maximum absolute atomic E-state index is 13.2. The number of imide groups is 2. The highest BCUT2D eigenvalue weighted by atomic mass is 35.5. The molecule has 1 unspecified atom stereocenters. The highest BCUT2D eigenvalue weighted by molar-refractivity contribution is 6.33. The van der Waals surface area contributed by atoms with Crippen LogP contribution in [0.3, 0.4) is 0 Å². The highest BCUT2D eigenvalue weighted by Crippen LogP contribution is 2.34. The lowest BCUT2D eigenvalue weighted by Crippen LogP contribution is -2.54. The Kier molecular flexibility index (Phi) is 14.6. The van der Waals surface area contributed by atoms with Crippen LogP contribution in [0.25, 0.3) is 5.65 Å². The molecule has 58 heavy (non-hydrogen) atoms. The number of nitrogens with one attached hydrogen (secondary N) is 4. The summed E-state index contributed by atoms with van der Waals surface area (Å²) in [5.41, 5.74) is 1.64. The minimum Gasteiger partial charge on any atom is -0.483 e. The number of carbonyl (C=O) groups is 6. The SMILES string of the molecule is CCC(CC)c1cc(N[C@H]2CC[C@H](NC(=O)COCCOCCOCCNC(=O)COc3cccc4c3C(=O)N(C3CCC(=O)NC3=O)C4=O)C2)n2ncc(Cl)c2n1. The molecule has 3 aromatic rings. The van der Waals surface area contributed by atoms with Crippen LogP contribution in [0.2, 0.25) is 5.02 Å². The molecule has 0 bridgehead atoms. The Morgan fingerprint density at radius 3 is 2.43 bits per heavy atom. The van der Waals surface area contributed by atoms with E-state index in [-0.39, 0.29) is 87.3 Å². The summed E-state index contributed by atoms with van der Waals surface area (Å²) in [6, 6.07) is 5.54. The number of aromatic nitrogens is 3. The maximum Gasteiger partial charge on any atom is 0.266 e. The first-order valence-corrected chi connectivity index (χ1v) is 20.0. The Labute approximate surface area is 340 Å². The number of piperidine rings is 1. The van der Waals surface area contributed by atoms with E-state index in [4.69, 9.17) is 35.5 Å². The van der Waals surface area contributed by atoms with Gasteiger partial charge < -0.3 is 34.9 Å². The molecule has 0 radical (unpaired) electrons. The number of anilines is 1. The van der Waals surface area contributed by atoms with E-state index in [9.17, 15) is 28.8 Å². The zero-order valence-electron chi connectivity index (χ0n) is 32.6. The average Bonchev–Trinajstić information content (AvgIpc) is 3.88. The predicted octanol–water partition coefficient (Wildman–Crippen LogP) is 2.38. The lowest BCUT2D eigenvalue weighted by molar-refractivity contribution is -0.136. The average molecular weight is 825 g/mol. The van der Waals surface area contributed by atoms with Crippen LogP contribution in [0.5, 0.6) is 5.75 Å². The van der Waals surface area contributed by atoms with Gasteiger partial charge in [-0.2, -0.15) is 9.61 Å². The molecule has 0 spiro atoms. The number of ether oxygens (including phenoxy) is 4. The highest BCUT2D eigenvalue weighted by Gasteiger charge is 2.46. The zero-order chi connectivity index (χ0) is 41.2. The van der Waals surface area contributed by atoms with Gasteiger partial charge in [0.1, 0.15) is 29.2 Å². The van der Waals surface area contributed by atoms with Crippen LogP contribution in [0.15, 0.2) is 30.5 Å². The van der Waals surface area contributed by atoms with Gasteiger partial charge >= 0.3 is 0 Å². The first kappa shape index (κ1) is 42.4. The fourth-order valence-electron chi connectivity index (χ4n) is 7.36. The van der Waals surface area contributed by atoms with Crippen LogP contribution in [0.1, 0.15) is 91.1 Å². The Hall–Kier alpha value is -5.17. The number of hydrogen-bond donors (Lipinski definition) is 4. The van der Waals surface area contributed by atoms with E-state index in [0.29, 0.717) is 23.2 Å². The second kappa shape index (κ2) is 20.0. The molecule has 18 nitrogen and oxygen atoms in total. The van der Waals surface area contributed by atoms with E-state index in [0.717, 1.165) is 48.5 Å². The monoisotopic (exact) mass is 824 g/mol. The quantitative estimate of drug-likeness (QED) is 0.0897. The lowest BCUT2D eigenvalue weighted by Gasteiger charge is -2.27. The molecule has 2 fully saturated rings. The maximum atomic E-state index is 13.2. The van der Waals surface area contributed by atoms with E-state index in [1.807, 2.05) is 0 Å². The summed E-state index contributed by atoms with van der Waals surface area (Å²) >= 11 is 6.39. The summed E-state index contributed by atoms with van der Waals surface area (Å²) in [4.78, 5) is 80.5. The van der Waals surface area contributed by atoms with Gasteiger partial charge in [0, 0.05) is 42.7 Å². The van der Waals surface area contributed by atoms with E-state index in [2.05, 4.69) is 46.3 Å². The van der Waals surface area contributed by atoms with Crippen LogP contribution < -0.4 is 26.0 Å². The number of hydrogen-bond acceptors (Lipinski definition) is 13. The van der Waals surface area contributed by atoms with Gasteiger partial charge in [-0.15, -0.1) is 0 Å². The van der Waals surface area contributed by atoms with Crippen molar-refractivity contribution in [3.8, 4) is 5.75 Å². The van der Waals surface area contributed by atoms with Crippen LogP contribution in [-0.4, -0.2) is 126 Å². The number of rotatable bonds is 21. The zero-order valence-corrected chi connectivity index (χ0v) is 33.3. The molecule has 3 atom stereocenters. The number of amides is 6. The number of carbonyl (C=O) groups excluding carboxylic acids is 6. The second-order valence-electron chi connectivity index (χ2n) is 14.3. The lowest BCUT2D eigenvalue weighted by atomic mass is 9.99. The molecule has 6 amide bonds. The summed E-state index contributed by atoms with van der Waals surface area (Å²) in [6.07, 6.45) is 6.08. The minimum atomic E-state index is -1.11. The third kappa shape index (κ3) is 10.3. The molecule has 19 heteroatoms. The van der Waals surface area contributed by atoms with Crippen molar-refractivity contribution in [1.82, 2.24) is 35.4 Å². The van der Waals surface area contributed by atoms with Gasteiger partial charge in [0.05, 0.1) is 50.4 Å². The first-order valence-electron chi connectivity index (χ1n) is 19.6. The van der Waals surface area contributed by atoms with Gasteiger partial charge in [-0.1, -0.05) is 31.5 Å². The van der Waals surface area contributed by atoms with Crippen LogP contribution in [-0.2, 0) is 33.4 Å². The van der Waals surface area contributed by atoms with Crippen molar-refractivity contribution < 1.29 is 47.7 Å². The van der Waals surface area contributed by atoms with Crippen molar-refractivity contribution in [1.29, 1.82) is 0 Å². The Bertz CT molecular complexity index is 2010. The topological polar surface area (TPSA) is 221 Å². The fraction of sp³-hybridized carbons (Fsp3) is 0.538. The molecule has 1 saturated carbocycles. The van der Waals surface area contributed by atoms with Crippen molar-refractivity contribution in [2.75, 3.05) is 58.1 Å². The molecule has 1 aliphatic carbocycles. The van der Waals surface area contributed by atoms with Crippen molar-refractivity contribution in [2.45, 2.75) is 82.8 Å². The molecule has 312 valence electrons. The van der Waals surface area contributed by atoms with Gasteiger partial charge in [-0.25, -0.2) is 4.98 Å². The molecule has 6 rings (SSSR count). The summed E-state index contributed by atoms with van der Waals surface area (Å²) in [6.45, 7) is 5.29. The van der Waals surface area contributed by atoms with Crippen molar-refractivity contribution in [2.24, 2.45) is 0 Å². The van der Waals surface area contributed by atoms with Gasteiger partial charge in [0.2, 0.25) is 17.7 Å². The number of halogens is 1. The molecule has 3 aliphatic rings. The van der Waals surface area contributed by atoms with E-state index >= 15 is 0 Å². The molecule has 4 N–H and O–H groups in total. The molecule has 2 aliphatic heterocycles. The number of nitrogens with zero attached hydrogens (tertiary/aromatic N) is 4. The van der Waals surface area contributed by atoms with E-state index in [1.54, 1.807) is 10.7 Å². The van der Waals surface area contributed by atoms with Crippen LogP contribution in [0.4, 0.5) is 5.82 Å². The van der Waals surface area contributed by atoms with Crippen molar-refractivity contribution in [3.05, 3.63) is 52.3 Å². The molecule has 4 heterocycles. The third-order valence-electron chi connectivity index (χ3n) is 10.3. The molecule has 1 aromatic carbocycles. The normalized spacial score (nSPS) is 19.2. The Morgan fingerprint density at radius 2 is 1.67 bits per heavy atom. The Balaban J connectivity index is 0.794. The molecular formula is C39H49ClN8O10.